The van der Waals surface area contributed by atoms with Crippen molar-refractivity contribution < 1.29 is 4.79 Å². The van der Waals surface area contributed by atoms with Crippen molar-refractivity contribution in [3.05, 3.63) is 68.0 Å². The molecule has 7 nitrogen and oxygen atoms in total. The van der Waals surface area contributed by atoms with E-state index in [-0.39, 0.29) is 11.0 Å². The van der Waals surface area contributed by atoms with Gasteiger partial charge in [-0.2, -0.15) is 9.61 Å². The Morgan fingerprint density at radius 3 is 2.73 bits per heavy atom. The highest BCUT2D eigenvalue weighted by atomic mass is 127. The molecule has 2 aromatic heterocycles. The summed E-state index contributed by atoms with van der Waals surface area (Å²) in [6, 6.07) is 13.2. The molecule has 30 heavy (non-hydrogen) atoms. The largest absolute Gasteiger partial charge is 0.358 e. The molecule has 0 atom stereocenters. The number of hydrogen-bond donors (Lipinski definition) is 2. The summed E-state index contributed by atoms with van der Waals surface area (Å²) < 4.78 is 2.65. The molecular formula is C19H14ClIN6OS2. The molecule has 0 spiro atoms. The third-order valence-electron chi connectivity index (χ3n) is 4.20. The molecule has 0 aliphatic heterocycles. The van der Waals surface area contributed by atoms with Gasteiger partial charge in [0.05, 0.1) is 10.6 Å². The van der Waals surface area contributed by atoms with Crippen molar-refractivity contribution in [2.45, 2.75) is 13.5 Å². The minimum atomic E-state index is -0.343. The van der Waals surface area contributed by atoms with Gasteiger partial charge in [0.2, 0.25) is 4.96 Å². The first-order valence-electron chi connectivity index (χ1n) is 8.73. The molecule has 0 fully saturated rings. The second kappa shape index (κ2) is 8.92. The highest BCUT2D eigenvalue weighted by Crippen LogP contribution is 2.25. The van der Waals surface area contributed by atoms with Gasteiger partial charge in [-0.1, -0.05) is 47.2 Å². The van der Waals surface area contributed by atoms with Crippen LogP contribution in [-0.4, -0.2) is 30.8 Å². The van der Waals surface area contributed by atoms with E-state index in [1.807, 2.05) is 37.3 Å². The SMILES string of the molecule is Cc1nnc2sc(-c3ccc(CNC(=S)NC(=O)c4cc(I)ccc4Cl)cc3)nn12. The minimum absolute atomic E-state index is 0.239. The summed E-state index contributed by atoms with van der Waals surface area (Å²) in [7, 11) is 0. The van der Waals surface area contributed by atoms with Crippen molar-refractivity contribution in [2.75, 3.05) is 0 Å². The van der Waals surface area contributed by atoms with Crippen molar-refractivity contribution in [3.8, 4) is 10.6 Å². The normalized spacial score (nSPS) is 10.9. The lowest BCUT2D eigenvalue weighted by Crippen LogP contribution is -2.39. The molecule has 1 amide bonds. The van der Waals surface area contributed by atoms with Crippen LogP contribution in [0.2, 0.25) is 5.02 Å². The zero-order valence-corrected chi connectivity index (χ0v) is 20.1. The Bertz CT molecular complexity index is 1250. The van der Waals surface area contributed by atoms with E-state index < -0.39 is 0 Å². The number of thiocarbonyl (C=S) groups is 1. The molecule has 0 saturated carbocycles. The molecule has 4 rings (SSSR count). The topological polar surface area (TPSA) is 84.2 Å². The van der Waals surface area contributed by atoms with Crippen molar-refractivity contribution >= 4 is 73.7 Å². The number of halogens is 2. The van der Waals surface area contributed by atoms with Gasteiger partial charge >= 0.3 is 0 Å². The van der Waals surface area contributed by atoms with Gasteiger partial charge in [-0.05, 0) is 65.5 Å². The molecule has 4 aromatic rings. The average molecular weight is 569 g/mol. The van der Waals surface area contributed by atoms with Crippen molar-refractivity contribution in [3.63, 3.8) is 0 Å². The number of aromatic nitrogens is 4. The molecule has 0 bridgehead atoms. The van der Waals surface area contributed by atoms with Gasteiger partial charge in [-0.25, -0.2) is 0 Å². The Kier molecular flexibility index (Phi) is 6.27. The summed E-state index contributed by atoms with van der Waals surface area (Å²) in [4.78, 5) is 13.1. The van der Waals surface area contributed by atoms with Crippen LogP contribution in [0.15, 0.2) is 42.5 Å². The third-order valence-corrected chi connectivity index (χ3v) is 6.40. The number of hydrogen-bond acceptors (Lipinski definition) is 6. The van der Waals surface area contributed by atoms with Crippen LogP contribution < -0.4 is 10.6 Å². The lowest BCUT2D eigenvalue weighted by Gasteiger charge is -2.11. The summed E-state index contributed by atoms with van der Waals surface area (Å²) in [6.45, 7) is 2.34. The van der Waals surface area contributed by atoms with Crippen LogP contribution in [0.25, 0.3) is 15.5 Å². The number of carbonyl (C=O) groups excluding carboxylic acids is 1. The van der Waals surface area contributed by atoms with E-state index in [2.05, 4.69) is 48.5 Å². The molecule has 0 unspecified atom stereocenters. The molecule has 2 N–H and O–H groups in total. The van der Waals surface area contributed by atoms with Gasteiger partial charge in [0.15, 0.2) is 10.9 Å². The lowest BCUT2D eigenvalue weighted by atomic mass is 10.1. The quantitative estimate of drug-likeness (QED) is 0.283. The summed E-state index contributed by atoms with van der Waals surface area (Å²) in [5, 5.41) is 19.8. The minimum Gasteiger partial charge on any atom is -0.358 e. The highest BCUT2D eigenvalue weighted by molar-refractivity contribution is 14.1. The Hall–Kier alpha value is -2.15. The number of rotatable bonds is 4. The summed E-state index contributed by atoms with van der Waals surface area (Å²) in [5.41, 5.74) is 2.40. The Morgan fingerprint density at radius 1 is 1.23 bits per heavy atom. The maximum absolute atomic E-state index is 12.4. The lowest BCUT2D eigenvalue weighted by molar-refractivity contribution is 0.0976. The monoisotopic (exact) mass is 568 g/mol. The number of fused-ring (bicyclic) bond motifs is 1. The van der Waals surface area contributed by atoms with E-state index in [1.54, 1.807) is 16.6 Å². The molecule has 152 valence electrons. The number of nitrogens with one attached hydrogen (secondary N) is 2. The first-order chi connectivity index (χ1) is 14.4. The first-order valence-corrected chi connectivity index (χ1v) is 11.4. The summed E-state index contributed by atoms with van der Waals surface area (Å²) in [6.07, 6.45) is 0. The zero-order chi connectivity index (χ0) is 21.3. The predicted molar refractivity (Wildman–Crippen MR) is 130 cm³/mol. The van der Waals surface area contributed by atoms with E-state index in [0.717, 1.165) is 30.5 Å². The molecule has 2 aromatic carbocycles. The van der Waals surface area contributed by atoms with Crippen LogP contribution in [-0.2, 0) is 6.54 Å². The Morgan fingerprint density at radius 2 is 2.00 bits per heavy atom. The molecule has 2 heterocycles. The van der Waals surface area contributed by atoms with Gasteiger partial charge in [0, 0.05) is 15.7 Å². The fourth-order valence-corrected chi connectivity index (χ4v) is 4.41. The van der Waals surface area contributed by atoms with Crippen LogP contribution in [0.5, 0.6) is 0 Å². The number of carbonyl (C=O) groups is 1. The van der Waals surface area contributed by atoms with Gasteiger partial charge in [-0.15, -0.1) is 10.2 Å². The zero-order valence-electron chi connectivity index (χ0n) is 15.5. The van der Waals surface area contributed by atoms with Crippen LogP contribution >= 0.6 is 57.7 Å². The second-order valence-electron chi connectivity index (χ2n) is 6.31. The molecule has 0 radical (unpaired) electrons. The van der Waals surface area contributed by atoms with Crippen molar-refractivity contribution in [1.82, 2.24) is 30.4 Å². The number of aryl methyl sites for hydroxylation is 1. The van der Waals surface area contributed by atoms with E-state index >= 15 is 0 Å². The fourth-order valence-electron chi connectivity index (χ4n) is 2.67. The van der Waals surface area contributed by atoms with Crippen LogP contribution in [0, 0.1) is 10.5 Å². The molecule has 11 heteroatoms. The maximum atomic E-state index is 12.4. The molecule has 0 aliphatic rings. The van der Waals surface area contributed by atoms with E-state index in [0.29, 0.717) is 17.1 Å². The average Bonchev–Trinajstić information content (AvgIpc) is 3.31. The maximum Gasteiger partial charge on any atom is 0.258 e. The molecule has 0 saturated heterocycles. The first kappa shape index (κ1) is 21.1. The smallest absolute Gasteiger partial charge is 0.258 e. The third kappa shape index (κ3) is 4.61. The number of nitrogens with zero attached hydrogens (tertiary/aromatic N) is 4. The van der Waals surface area contributed by atoms with E-state index in [1.165, 1.54) is 11.3 Å². The number of amides is 1. The number of benzene rings is 2. The van der Waals surface area contributed by atoms with E-state index in [4.69, 9.17) is 23.8 Å². The van der Waals surface area contributed by atoms with Gasteiger partial charge in [-0.3, -0.25) is 10.1 Å². The Labute approximate surface area is 200 Å². The van der Waals surface area contributed by atoms with Crippen molar-refractivity contribution in [1.29, 1.82) is 0 Å². The summed E-state index contributed by atoms with van der Waals surface area (Å²) in [5.74, 6) is 0.417. The fraction of sp³-hybridized carbons (Fsp3) is 0.105. The van der Waals surface area contributed by atoms with Crippen molar-refractivity contribution in [2.24, 2.45) is 0 Å². The highest BCUT2D eigenvalue weighted by Gasteiger charge is 2.13. The van der Waals surface area contributed by atoms with E-state index in [9.17, 15) is 4.79 Å². The van der Waals surface area contributed by atoms with Crippen LogP contribution in [0.4, 0.5) is 0 Å². The van der Waals surface area contributed by atoms with Crippen LogP contribution in [0.1, 0.15) is 21.7 Å². The standard InChI is InChI=1S/C19H14ClIN6OS2/c1-10-24-25-19-27(10)26-17(30-19)12-4-2-11(3-5-12)9-22-18(29)23-16(28)14-8-13(21)6-7-15(14)20/h2-8H,9H2,1H3,(H2,22,23,28,29). The predicted octanol–water partition coefficient (Wildman–Crippen LogP) is 4.22. The summed E-state index contributed by atoms with van der Waals surface area (Å²) >= 11 is 14.9. The molecule has 0 aliphatic carbocycles. The van der Waals surface area contributed by atoms with Crippen LogP contribution in [0.3, 0.4) is 0 Å². The Balaban J connectivity index is 1.36. The van der Waals surface area contributed by atoms with Gasteiger partial charge in [0.25, 0.3) is 5.91 Å². The van der Waals surface area contributed by atoms with Gasteiger partial charge < -0.3 is 5.32 Å². The molecular weight excluding hydrogens is 555 g/mol. The van der Waals surface area contributed by atoms with Gasteiger partial charge in [0.1, 0.15) is 5.01 Å². The second-order valence-corrected chi connectivity index (χ2v) is 9.32.